The van der Waals surface area contributed by atoms with Gasteiger partial charge >= 0.3 is 5.97 Å². The highest BCUT2D eigenvalue weighted by atomic mass is 16.5. The Morgan fingerprint density at radius 1 is 1.04 bits per heavy atom. The van der Waals surface area contributed by atoms with Gasteiger partial charge in [-0.05, 0) is 76.0 Å². The number of fused-ring (bicyclic) bond motifs is 3. The largest absolute Gasteiger partial charge is 0.469 e. The molecule has 4 saturated carbocycles. The predicted molar refractivity (Wildman–Crippen MR) is 96.2 cm³/mol. The van der Waals surface area contributed by atoms with Crippen LogP contribution in [0.3, 0.4) is 0 Å². The molecule has 4 rings (SSSR count). The summed E-state index contributed by atoms with van der Waals surface area (Å²) in [6.45, 7) is 6.02. The molecule has 1 spiro atoms. The van der Waals surface area contributed by atoms with Crippen LogP contribution in [0.5, 0.6) is 0 Å². The van der Waals surface area contributed by atoms with E-state index in [1.165, 1.54) is 7.11 Å². The molecule has 0 radical (unpaired) electrons. The molecule has 0 aromatic heterocycles. The van der Waals surface area contributed by atoms with Crippen molar-refractivity contribution in [3.8, 4) is 0 Å². The van der Waals surface area contributed by atoms with Crippen LogP contribution in [-0.4, -0.2) is 45.7 Å². The highest BCUT2D eigenvalue weighted by molar-refractivity contribution is 5.77. The summed E-state index contributed by atoms with van der Waals surface area (Å²) >= 11 is 0. The zero-order valence-electron chi connectivity index (χ0n) is 16.5. The van der Waals surface area contributed by atoms with Gasteiger partial charge < -0.3 is 20.1 Å². The number of methoxy groups -OCH3 is 1. The van der Waals surface area contributed by atoms with Gasteiger partial charge in [0.05, 0.1) is 29.8 Å². The molecule has 26 heavy (non-hydrogen) atoms. The smallest absolute Gasteiger partial charge is 0.311 e. The summed E-state index contributed by atoms with van der Waals surface area (Å²) in [5, 5.41) is 33.3. The Labute approximate surface area is 156 Å². The van der Waals surface area contributed by atoms with E-state index in [2.05, 4.69) is 6.92 Å². The molecule has 0 amide bonds. The Hall–Kier alpha value is -0.650. The van der Waals surface area contributed by atoms with Crippen molar-refractivity contribution < 1.29 is 24.9 Å². The third kappa shape index (κ3) is 2.00. The van der Waals surface area contributed by atoms with E-state index in [9.17, 15) is 20.1 Å². The number of aliphatic hydroxyl groups excluding tert-OH is 1. The van der Waals surface area contributed by atoms with Crippen molar-refractivity contribution in [2.24, 2.45) is 28.1 Å². The lowest BCUT2D eigenvalue weighted by molar-refractivity contribution is -0.218. The molecule has 0 unspecified atom stereocenters. The van der Waals surface area contributed by atoms with Crippen molar-refractivity contribution in [3.63, 3.8) is 0 Å². The van der Waals surface area contributed by atoms with E-state index < -0.39 is 28.1 Å². The van der Waals surface area contributed by atoms with Gasteiger partial charge in [-0.3, -0.25) is 4.79 Å². The molecular formula is C21H34O5. The molecule has 8 atom stereocenters. The van der Waals surface area contributed by atoms with Gasteiger partial charge in [-0.2, -0.15) is 0 Å². The maximum atomic E-state index is 12.7. The molecule has 0 aromatic carbocycles. The fraction of sp³-hybridized carbons (Fsp3) is 0.952. The van der Waals surface area contributed by atoms with Crippen LogP contribution in [0.2, 0.25) is 0 Å². The number of ether oxygens (including phenoxy) is 1. The minimum atomic E-state index is -1.16. The summed E-state index contributed by atoms with van der Waals surface area (Å²) in [5.41, 5.74) is -3.36. The van der Waals surface area contributed by atoms with E-state index in [1.54, 1.807) is 6.92 Å². The van der Waals surface area contributed by atoms with Crippen LogP contribution in [0, 0.1) is 28.1 Å². The van der Waals surface area contributed by atoms with Gasteiger partial charge in [-0.15, -0.1) is 0 Å². The zero-order valence-corrected chi connectivity index (χ0v) is 16.5. The second-order valence-electron chi connectivity index (χ2n) is 10.6. The second kappa shape index (κ2) is 5.24. The molecule has 4 aliphatic rings. The van der Waals surface area contributed by atoms with Gasteiger partial charge in [0, 0.05) is 5.41 Å². The maximum absolute atomic E-state index is 12.7. The van der Waals surface area contributed by atoms with Crippen LogP contribution < -0.4 is 0 Å². The van der Waals surface area contributed by atoms with E-state index in [0.29, 0.717) is 25.7 Å². The van der Waals surface area contributed by atoms with Crippen LogP contribution in [0.15, 0.2) is 0 Å². The Balaban J connectivity index is 1.79. The van der Waals surface area contributed by atoms with Crippen LogP contribution in [0.1, 0.15) is 72.1 Å². The highest BCUT2D eigenvalue weighted by Gasteiger charge is 2.74. The van der Waals surface area contributed by atoms with Crippen LogP contribution in [0.25, 0.3) is 0 Å². The Morgan fingerprint density at radius 3 is 2.38 bits per heavy atom. The SMILES string of the molecule is COC(=O)[C@]1(C)CCC[C@@]2(C)[C@@H]3CC[C@]4(O)C[C@]3(C[C@@]4(C)O)[C@@H](O)C[C@@H]21. The average Bonchev–Trinajstić information content (AvgIpc) is 2.71. The molecule has 4 fully saturated rings. The first-order chi connectivity index (χ1) is 12.0. The lowest BCUT2D eigenvalue weighted by Crippen LogP contribution is -2.63. The average molecular weight is 366 g/mol. The fourth-order valence-corrected chi connectivity index (χ4v) is 8.13. The minimum Gasteiger partial charge on any atom is -0.469 e. The van der Waals surface area contributed by atoms with Gasteiger partial charge in [0.25, 0.3) is 0 Å². The molecule has 2 bridgehead atoms. The number of esters is 1. The van der Waals surface area contributed by atoms with Crippen LogP contribution >= 0.6 is 0 Å². The Bertz CT molecular complexity index is 628. The molecule has 0 aromatic rings. The number of aliphatic hydroxyl groups is 3. The van der Waals surface area contributed by atoms with Crippen molar-refractivity contribution in [1.29, 1.82) is 0 Å². The Kier molecular flexibility index (Phi) is 3.77. The first-order valence-electron chi connectivity index (χ1n) is 10.2. The van der Waals surface area contributed by atoms with Gasteiger partial charge in [-0.1, -0.05) is 13.3 Å². The Morgan fingerprint density at radius 2 is 1.73 bits per heavy atom. The monoisotopic (exact) mass is 366 g/mol. The standard InChI is InChI=1S/C21H34O5/c1-17-7-5-8-18(2,16(23)26-4)14(17)10-15(22)20-11-19(3,24)21(25,12-20)9-6-13(17)20/h13-15,22,24-25H,5-12H2,1-4H3/t13-,14-,15-,17-,18+,19+,20-,21-/m0/s1. The fourth-order valence-electron chi connectivity index (χ4n) is 8.13. The zero-order chi connectivity index (χ0) is 19.2. The van der Waals surface area contributed by atoms with Gasteiger partial charge in [-0.25, -0.2) is 0 Å². The minimum absolute atomic E-state index is 0.0681. The third-order valence-electron chi connectivity index (χ3n) is 9.39. The molecule has 0 heterocycles. The van der Waals surface area contributed by atoms with E-state index in [1.807, 2.05) is 6.92 Å². The lowest BCUT2D eigenvalue weighted by Gasteiger charge is -2.65. The summed E-state index contributed by atoms with van der Waals surface area (Å²) in [4.78, 5) is 12.7. The molecule has 5 nitrogen and oxygen atoms in total. The van der Waals surface area contributed by atoms with Crippen molar-refractivity contribution in [3.05, 3.63) is 0 Å². The van der Waals surface area contributed by atoms with E-state index in [-0.39, 0.29) is 23.2 Å². The molecular weight excluding hydrogens is 332 g/mol. The van der Waals surface area contributed by atoms with Gasteiger partial charge in [0.1, 0.15) is 0 Å². The first kappa shape index (κ1) is 18.7. The molecule has 0 saturated heterocycles. The summed E-state index contributed by atoms with van der Waals surface area (Å²) in [5.74, 6) is 0.114. The summed E-state index contributed by atoms with van der Waals surface area (Å²) in [7, 11) is 1.45. The van der Waals surface area contributed by atoms with E-state index in [4.69, 9.17) is 4.74 Å². The maximum Gasteiger partial charge on any atom is 0.311 e. The molecule has 5 heteroatoms. The number of carbonyl (C=O) groups is 1. The van der Waals surface area contributed by atoms with Crippen molar-refractivity contribution in [1.82, 2.24) is 0 Å². The van der Waals surface area contributed by atoms with E-state index in [0.717, 1.165) is 25.7 Å². The lowest BCUT2D eigenvalue weighted by atomic mass is 9.40. The quantitative estimate of drug-likeness (QED) is 0.621. The van der Waals surface area contributed by atoms with Crippen LogP contribution in [0.4, 0.5) is 0 Å². The molecule has 3 N–H and O–H groups in total. The van der Waals surface area contributed by atoms with Crippen molar-refractivity contribution >= 4 is 5.97 Å². The molecule has 148 valence electrons. The van der Waals surface area contributed by atoms with Gasteiger partial charge in [0.2, 0.25) is 0 Å². The highest BCUT2D eigenvalue weighted by Crippen LogP contribution is 2.73. The predicted octanol–water partition coefficient (Wildman–Crippen LogP) is 2.41. The molecule has 0 aliphatic heterocycles. The number of rotatable bonds is 1. The number of carbonyl (C=O) groups excluding carboxylic acids is 1. The topological polar surface area (TPSA) is 87.0 Å². The normalized spacial score (nSPS) is 58.7. The van der Waals surface area contributed by atoms with Crippen LogP contribution in [-0.2, 0) is 9.53 Å². The molecule has 4 aliphatic carbocycles. The number of hydrogen-bond acceptors (Lipinski definition) is 5. The van der Waals surface area contributed by atoms with E-state index >= 15 is 0 Å². The number of hydrogen-bond donors (Lipinski definition) is 3. The van der Waals surface area contributed by atoms with Crippen molar-refractivity contribution in [2.75, 3.05) is 7.11 Å². The second-order valence-corrected chi connectivity index (χ2v) is 10.6. The van der Waals surface area contributed by atoms with Gasteiger partial charge in [0.15, 0.2) is 0 Å². The van der Waals surface area contributed by atoms with Crippen molar-refractivity contribution in [2.45, 2.75) is 89.4 Å². The third-order valence-corrected chi connectivity index (χ3v) is 9.39. The first-order valence-corrected chi connectivity index (χ1v) is 10.2. The summed E-state index contributed by atoms with van der Waals surface area (Å²) < 4.78 is 5.17. The summed E-state index contributed by atoms with van der Waals surface area (Å²) in [6.07, 6.45) is 5.03. The summed E-state index contributed by atoms with van der Waals surface area (Å²) in [6, 6.07) is 0.